The second-order valence-electron chi connectivity index (χ2n) is 7.28. The summed E-state index contributed by atoms with van der Waals surface area (Å²) in [6, 6.07) is 10.6. The van der Waals surface area contributed by atoms with E-state index in [1.807, 2.05) is 19.1 Å². The Morgan fingerprint density at radius 1 is 1.23 bits per heavy atom. The Morgan fingerprint density at radius 3 is 2.69 bits per heavy atom. The van der Waals surface area contributed by atoms with Gasteiger partial charge in [-0.1, -0.05) is 19.1 Å². The average Bonchev–Trinajstić information content (AvgIpc) is 3.37. The van der Waals surface area contributed by atoms with Crippen molar-refractivity contribution in [2.45, 2.75) is 32.1 Å². The number of carbonyl (C=O) groups is 1. The molecule has 0 aliphatic heterocycles. The van der Waals surface area contributed by atoms with Gasteiger partial charge in [-0.15, -0.1) is 0 Å². The van der Waals surface area contributed by atoms with Crippen molar-refractivity contribution in [3.8, 4) is 5.75 Å². The molecule has 0 radical (unpaired) electrons. The molecule has 1 fully saturated rings. The number of phenols is 1. The molecule has 1 heterocycles. The van der Waals surface area contributed by atoms with Gasteiger partial charge in [0.25, 0.3) is 5.91 Å². The number of rotatable bonds is 3. The van der Waals surface area contributed by atoms with Crippen LogP contribution in [0.2, 0.25) is 0 Å². The molecule has 1 saturated carbocycles. The van der Waals surface area contributed by atoms with Crippen molar-refractivity contribution < 1.29 is 9.90 Å². The molecule has 1 amide bonds. The molecule has 132 valence electrons. The van der Waals surface area contributed by atoms with E-state index in [1.165, 1.54) is 6.20 Å². The highest BCUT2D eigenvalue weighted by Crippen LogP contribution is 2.51. The van der Waals surface area contributed by atoms with Gasteiger partial charge in [-0.25, -0.2) is 0 Å². The summed E-state index contributed by atoms with van der Waals surface area (Å²) in [5.74, 6) is -0.355. The SMILES string of the molecule is Cc1cc(C2(C)CC2)c(NC(=O)c2c[nH]c3ccccc3c2=O)cc1O. The van der Waals surface area contributed by atoms with Gasteiger partial charge in [-0.3, -0.25) is 9.59 Å². The van der Waals surface area contributed by atoms with Gasteiger partial charge >= 0.3 is 0 Å². The molecular formula is C21H20N2O3. The molecule has 1 aliphatic carbocycles. The van der Waals surface area contributed by atoms with Crippen LogP contribution in [0.5, 0.6) is 5.75 Å². The topological polar surface area (TPSA) is 82.2 Å². The van der Waals surface area contributed by atoms with E-state index in [0.717, 1.165) is 24.0 Å². The van der Waals surface area contributed by atoms with Gasteiger partial charge in [0.2, 0.25) is 5.43 Å². The number of anilines is 1. The summed E-state index contributed by atoms with van der Waals surface area (Å²) in [4.78, 5) is 28.4. The lowest BCUT2D eigenvalue weighted by molar-refractivity contribution is 0.102. The fourth-order valence-corrected chi connectivity index (χ4v) is 3.28. The van der Waals surface area contributed by atoms with Gasteiger partial charge in [-0.05, 0) is 54.5 Å². The average molecular weight is 348 g/mol. The minimum absolute atomic E-state index is 0.0108. The van der Waals surface area contributed by atoms with E-state index in [2.05, 4.69) is 17.2 Å². The first-order chi connectivity index (χ1) is 12.4. The van der Waals surface area contributed by atoms with Crippen molar-refractivity contribution in [2.24, 2.45) is 0 Å². The van der Waals surface area contributed by atoms with Crippen LogP contribution in [-0.4, -0.2) is 16.0 Å². The zero-order valence-electron chi connectivity index (χ0n) is 14.7. The third kappa shape index (κ3) is 2.65. The van der Waals surface area contributed by atoms with Crippen LogP contribution < -0.4 is 10.7 Å². The predicted molar refractivity (Wildman–Crippen MR) is 102 cm³/mol. The Kier molecular flexibility index (Phi) is 3.61. The largest absolute Gasteiger partial charge is 0.508 e. The molecule has 26 heavy (non-hydrogen) atoms. The summed E-state index contributed by atoms with van der Waals surface area (Å²) < 4.78 is 0. The van der Waals surface area contributed by atoms with Crippen molar-refractivity contribution in [3.63, 3.8) is 0 Å². The highest BCUT2D eigenvalue weighted by Gasteiger charge is 2.41. The molecule has 0 unspecified atom stereocenters. The van der Waals surface area contributed by atoms with Crippen molar-refractivity contribution >= 4 is 22.5 Å². The molecular weight excluding hydrogens is 328 g/mol. The molecule has 4 rings (SSSR count). The zero-order chi connectivity index (χ0) is 18.5. The second-order valence-corrected chi connectivity index (χ2v) is 7.28. The Bertz CT molecular complexity index is 1090. The minimum Gasteiger partial charge on any atom is -0.508 e. The van der Waals surface area contributed by atoms with Crippen molar-refractivity contribution in [1.82, 2.24) is 4.98 Å². The second kappa shape index (κ2) is 5.73. The van der Waals surface area contributed by atoms with Crippen LogP contribution in [0.1, 0.15) is 41.3 Å². The summed E-state index contributed by atoms with van der Waals surface area (Å²) in [6.45, 7) is 3.97. The Morgan fingerprint density at radius 2 is 1.96 bits per heavy atom. The number of para-hydroxylation sites is 1. The lowest BCUT2D eigenvalue weighted by atomic mass is 9.94. The summed E-state index contributed by atoms with van der Waals surface area (Å²) in [7, 11) is 0. The molecule has 3 N–H and O–H groups in total. The molecule has 5 heteroatoms. The normalized spacial score (nSPS) is 15.0. The van der Waals surface area contributed by atoms with Gasteiger partial charge in [0.15, 0.2) is 0 Å². The maximum atomic E-state index is 12.8. The fraction of sp³-hybridized carbons (Fsp3) is 0.238. The fourth-order valence-electron chi connectivity index (χ4n) is 3.28. The highest BCUT2D eigenvalue weighted by atomic mass is 16.3. The number of benzene rings is 2. The van der Waals surface area contributed by atoms with Gasteiger partial charge in [0.1, 0.15) is 11.3 Å². The van der Waals surface area contributed by atoms with E-state index in [1.54, 1.807) is 24.3 Å². The van der Waals surface area contributed by atoms with E-state index < -0.39 is 5.91 Å². The van der Waals surface area contributed by atoms with Crippen molar-refractivity contribution in [2.75, 3.05) is 5.32 Å². The van der Waals surface area contributed by atoms with Crippen molar-refractivity contribution in [3.05, 3.63) is 69.5 Å². The lowest BCUT2D eigenvalue weighted by Gasteiger charge is -2.18. The number of aryl methyl sites for hydroxylation is 1. The molecule has 0 atom stereocenters. The van der Waals surface area contributed by atoms with E-state index in [-0.39, 0.29) is 22.2 Å². The van der Waals surface area contributed by atoms with Crippen LogP contribution in [-0.2, 0) is 5.41 Å². The van der Waals surface area contributed by atoms with Gasteiger partial charge in [-0.2, -0.15) is 0 Å². The molecule has 0 saturated heterocycles. The van der Waals surface area contributed by atoms with Gasteiger partial charge < -0.3 is 15.4 Å². The van der Waals surface area contributed by atoms with E-state index in [4.69, 9.17) is 0 Å². The standard InChI is InChI=1S/C21H20N2O3/c1-12-9-15(21(2)7-8-21)17(10-18(12)24)23-20(26)14-11-22-16-6-4-3-5-13(16)19(14)25/h3-6,9-11,24H,7-8H2,1-2H3,(H,22,25)(H,23,26). The van der Waals surface area contributed by atoms with E-state index >= 15 is 0 Å². The molecule has 1 aliphatic rings. The van der Waals surface area contributed by atoms with Crippen LogP contribution in [0.3, 0.4) is 0 Å². The minimum atomic E-state index is -0.481. The summed E-state index contributed by atoms with van der Waals surface area (Å²) in [5.41, 5.74) is 2.77. The predicted octanol–water partition coefficient (Wildman–Crippen LogP) is 3.85. The van der Waals surface area contributed by atoms with Crippen LogP contribution in [0.15, 0.2) is 47.4 Å². The van der Waals surface area contributed by atoms with Crippen LogP contribution in [0.4, 0.5) is 5.69 Å². The number of pyridine rings is 1. The maximum absolute atomic E-state index is 12.8. The summed E-state index contributed by atoms with van der Waals surface area (Å²) in [5, 5.41) is 13.4. The maximum Gasteiger partial charge on any atom is 0.261 e. The number of amides is 1. The summed E-state index contributed by atoms with van der Waals surface area (Å²) >= 11 is 0. The Balaban J connectivity index is 1.75. The molecule has 5 nitrogen and oxygen atoms in total. The Labute approximate surface area is 150 Å². The van der Waals surface area contributed by atoms with E-state index in [0.29, 0.717) is 16.6 Å². The molecule has 1 aromatic heterocycles. The smallest absolute Gasteiger partial charge is 0.261 e. The molecule has 2 aromatic carbocycles. The number of hydrogen-bond acceptors (Lipinski definition) is 3. The number of phenolic OH excluding ortho intramolecular Hbond substituents is 1. The number of carbonyl (C=O) groups excluding carboxylic acids is 1. The first kappa shape index (κ1) is 16.4. The number of nitrogens with one attached hydrogen (secondary N) is 2. The number of aromatic hydroxyl groups is 1. The quantitative estimate of drug-likeness (QED) is 0.672. The molecule has 3 aromatic rings. The molecule has 0 bridgehead atoms. The number of H-pyrrole nitrogens is 1. The van der Waals surface area contributed by atoms with Crippen LogP contribution in [0, 0.1) is 6.92 Å². The Hall–Kier alpha value is -3.08. The van der Waals surface area contributed by atoms with Crippen LogP contribution in [0.25, 0.3) is 10.9 Å². The zero-order valence-corrected chi connectivity index (χ0v) is 14.7. The third-order valence-corrected chi connectivity index (χ3v) is 5.27. The van der Waals surface area contributed by atoms with E-state index in [9.17, 15) is 14.7 Å². The number of aromatic amines is 1. The summed E-state index contributed by atoms with van der Waals surface area (Å²) in [6.07, 6.45) is 3.51. The first-order valence-electron chi connectivity index (χ1n) is 8.65. The number of hydrogen-bond donors (Lipinski definition) is 3. The van der Waals surface area contributed by atoms with Gasteiger partial charge in [0, 0.05) is 28.9 Å². The highest BCUT2D eigenvalue weighted by molar-refractivity contribution is 6.06. The number of fused-ring (bicyclic) bond motifs is 1. The third-order valence-electron chi connectivity index (χ3n) is 5.27. The number of aromatic nitrogens is 1. The molecule has 0 spiro atoms. The van der Waals surface area contributed by atoms with Gasteiger partial charge in [0.05, 0.1) is 0 Å². The first-order valence-corrected chi connectivity index (χ1v) is 8.65. The van der Waals surface area contributed by atoms with Crippen molar-refractivity contribution in [1.29, 1.82) is 0 Å². The monoisotopic (exact) mass is 348 g/mol. The van der Waals surface area contributed by atoms with Crippen LogP contribution >= 0.6 is 0 Å². The lowest BCUT2D eigenvalue weighted by Crippen LogP contribution is -2.23.